The molecule has 0 bridgehead atoms. The molecule has 2 heterocycles. The van der Waals surface area contributed by atoms with E-state index >= 15 is 0 Å². The maximum atomic E-state index is 4.77. The van der Waals surface area contributed by atoms with Crippen LogP contribution >= 0.6 is 0 Å². The monoisotopic (exact) mass is 310 g/mol. The third kappa shape index (κ3) is 3.29. The van der Waals surface area contributed by atoms with E-state index in [0.717, 1.165) is 5.56 Å². The maximum Gasteiger partial charge on any atom is 0.169 e. The predicted molar refractivity (Wildman–Crippen MR) is 98.0 cm³/mol. The van der Waals surface area contributed by atoms with Gasteiger partial charge < -0.3 is 0 Å². The van der Waals surface area contributed by atoms with Gasteiger partial charge in [-0.05, 0) is 25.5 Å². The minimum atomic E-state index is -0.0143. The number of hydrogen-bond acceptors (Lipinski definition) is 2. The fraction of sp³-hybridized carbons (Fsp3) is 0.400. The minimum absolute atomic E-state index is 0.0143. The Kier molecular flexibility index (Phi) is 5.19. The van der Waals surface area contributed by atoms with Gasteiger partial charge >= 0.3 is 0 Å². The van der Waals surface area contributed by atoms with E-state index in [9.17, 15) is 0 Å². The van der Waals surface area contributed by atoms with Crippen molar-refractivity contribution in [2.75, 3.05) is 5.01 Å². The lowest BCUT2D eigenvalue weighted by Crippen LogP contribution is -2.39. The Morgan fingerprint density at radius 3 is 2.35 bits per heavy atom. The third-order valence-electron chi connectivity index (χ3n) is 4.56. The second-order valence-corrected chi connectivity index (χ2v) is 6.29. The van der Waals surface area contributed by atoms with Crippen LogP contribution in [0, 0.1) is 0 Å². The Bertz CT molecular complexity index is 672. The third-order valence-corrected chi connectivity index (χ3v) is 4.56. The second kappa shape index (κ2) is 6.95. The van der Waals surface area contributed by atoms with Crippen LogP contribution in [-0.4, -0.2) is 11.8 Å². The first-order valence-corrected chi connectivity index (χ1v) is 8.38. The molecule has 2 aromatic rings. The lowest BCUT2D eigenvalue weighted by Gasteiger charge is -2.32. The molecule has 1 aromatic heterocycles. The number of anilines is 1. The van der Waals surface area contributed by atoms with Crippen LogP contribution in [0.5, 0.6) is 0 Å². The van der Waals surface area contributed by atoms with Crippen molar-refractivity contribution in [3.8, 4) is 0 Å². The second-order valence-electron chi connectivity index (χ2n) is 6.29. The van der Waals surface area contributed by atoms with E-state index < -0.39 is 0 Å². The van der Waals surface area contributed by atoms with Crippen molar-refractivity contribution in [1.82, 2.24) is 0 Å². The molecule has 0 aliphatic carbocycles. The molecule has 0 saturated carbocycles. The van der Waals surface area contributed by atoms with Gasteiger partial charge in [-0.1, -0.05) is 39.0 Å². The minimum Gasteiger partial charge on any atom is -0.259 e. The van der Waals surface area contributed by atoms with Gasteiger partial charge in [0.15, 0.2) is 12.4 Å². The van der Waals surface area contributed by atoms with Crippen LogP contribution in [0.15, 0.2) is 53.9 Å². The van der Waals surface area contributed by atoms with Gasteiger partial charge in [-0.3, -0.25) is 5.01 Å². The predicted octanol–water partition coefficient (Wildman–Crippen LogP) is 4.27. The van der Waals surface area contributed by atoms with Crippen LogP contribution in [-0.2, 0) is 7.05 Å². The normalized spacial score (nSPS) is 18.5. The number of pyridine rings is 1. The topological polar surface area (TPSA) is 19.5 Å². The molecule has 0 saturated heterocycles. The van der Waals surface area contributed by atoms with E-state index in [1.807, 2.05) is 44.1 Å². The summed E-state index contributed by atoms with van der Waals surface area (Å²) in [6, 6.07) is 12.7. The molecule has 0 fully saturated rings. The van der Waals surface area contributed by atoms with Gasteiger partial charge in [0.2, 0.25) is 0 Å². The molecular weight excluding hydrogens is 282 g/mol. The molecule has 3 nitrogen and oxygen atoms in total. The molecule has 3 heteroatoms. The summed E-state index contributed by atoms with van der Waals surface area (Å²) in [5.74, 6) is 0.458. The summed E-state index contributed by atoms with van der Waals surface area (Å²) in [7, 11) is 2.02. The van der Waals surface area contributed by atoms with Crippen LogP contribution < -0.4 is 9.58 Å². The molecular formula is C20H28N3+. The molecule has 1 aliphatic heterocycles. The van der Waals surface area contributed by atoms with Crippen molar-refractivity contribution in [1.29, 1.82) is 0 Å². The lowest BCUT2D eigenvalue weighted by molar-refractivity contribution is -0.671. The quantitative estimate of drug-likeness (QED) is 0.599. The number of nitrogens with zero attached hydrogens (tertiary/aromatic N) is 3. The number of rotatable bonds is 2. The molecule has 1 aromatic carbocycles. The molecule has 3 rings (SSSR count). The highest BCUT2D eigenvalue weighted by molar-refractivity contribution is 5.80. The summed E-state index contributed by atoms with van der Waals surface area (Å²) in [4.78, 5) is 0. The van der Waals surface area contributed by atoms with E-state index in [0.29, 0.717) is 5.92 Å². The molecule has 0 amide bonds. The fourth-order valence-corrected chi connectivity index (χ4v) is 2.85. The van der Waals surface area contributed by atoms with Crippen molar-refractivity contribution >= 4 is 11.9 Å². The molecule has 0 radical (unpaired) electrons. The number of fused-ring (bicyclic) bond motifs is 1. The van der Waals surface area contributed by atoms with Crippen LogP contribution in [0.1, 0.15) is 51.7 Å². The van der Waals surface area contributed by atoms with E-state index in [4.69, 9.17) is 5.10 Å². The van der Waals surface area contributed by atoms with Crippen LogP contribution in [0.4, 0.5) is 5.69 Å². The zero-order chi connectivity index (χ0) is 17.0. The van der Waals surface area contributed by atoms with Crippen molar-refractivity contribution in [3.05, 3.63) is 59.9 Å². The lowest BCUT2D eigenvalue weighted by atomic mass is 9.87. The van der Waals surface area contributed by atoms with E-state index in [1.165, 1.54) is 11.3 Å². The Morgan fingerprint density at radius 1 is 1.09 bits per heavy atom. The highest BCUT2D eigenvalue weighted by atomic mass is 15.5. The van der Waals surface area contributed by atoms with Crippen LogP contribution in [0.3, 0.4) is 0 Å². The molecule has 0 N–H and O–H groups in total. The molecule has 122 valence electrons. The zero-order valence-corrected chi connectivity index (χ0v) is 15.1. The maximum absolute atomic E-state index is 4.77. The van der Waals surface area contributed by atoms with Crippen molar-refractivity contribution < 1.29 is 4.57 Å². The SMILES string of the molecule is CC.CC1c2ccccc2N(N=Cc2cc[n+](C)cc2)C1(C)C. The van der Waals surface area contributed by atoms with Gasteiger partial charge in [-0.25, -0.2) is 4.57 Å². The first-order valence-electron chi connectivity index (χ1n) is 8.38. The smallest absolute Gasteiger partial charge is 0.169 e. The highest BCUT2D eigenvalue weighted by Crippen LogP contribution is 2.47. The van der Waals surface area contributed by atoms with Gasteiger partial charge in [0.1, 0.15) is 7.05 Å². The number of para-hydroxylation sites is 1. The molecule has 0 spiro atoms. The van der Waals surface area contributed by atoms with E-state index in [-0.39, 0.29) is 5.54 Å². The molecule has 1 aliphatic rings. The Hall–Kier alpha value is -2.16. The fourth-order valence-electron chi connectivity index (χ4n) is 2.85. The summed E-state index contributed by atoms with van der Waals surface area (Å²) < 4.78 is 2.02. The van der Waals surface area contributed by atoms with Crippen molar-refractivity contribution in [2.24, 2.45) is 12.1 Å². The number of benzene rings is 1. The van der Waals surface area contributed by atoms with Gasteiger partial charge in [-0.15, -0.1) is 0 Å². The van der Waals surface area contributed by atoms with Crippen LogP contribution in [0.25, 0.3) is 0 Å². The molecule has 1 atom stereocenters. The van der Waals surface area contributed by atoms with Crippen molar-refractivity contribution in [2.45, 2.75) is 46.1 Å². The first kappa shape index (κ1) is 17.2. The Labute approximate surface area is 140 Å². The van der Waals surface area contributed by atoms with Gasteiger partial charge in [0.05, 0.1) is 17.4 Å². The summed E-state index contributed by atoms with van der Waals surface area (Å²) >= 11 is 0. The number of aryl methyl sites for hydroxylation is 1. The molecule has 23 heavy (non-hydrogen) atoms. The summed E-state index contributed by atoms with van der Waals surface area (Å²) in [5, 5.41) is 6.92. The standard InChI is InChI=1S/C18H22N3.C2H6/c1-14-16-7-5-6-8-17(16)21(18(14,2)3)19-13-15-9-11-20(4)12-10-15;1-2/h5-14H,1-4H3;1-2H3/q+1;. The average Bonchev–Trinajstić information content (AvgIpc) is 2.76. The first-order chi connectivity index (χ1) is 11.0. The van der Waals surface area contributed by atoms with E-state index in [1.54, 1.807) is 0 Å². The summed E-state index contributed by atoms with van der Waals surface area (Å²) in [6.07, 6.45) is 6.01. The van der Waals surface area contributed by atoms with Crippen molar-refractivity contribution in [3.63, 3.8) is 0 Å². The van der Waals surface area contributed by atoms with Gasteiger partial charge in [-0.2, -0.15) is 5.10 Å². The van der Waals surface area contributed by atoms with E-state index in [2.05, 4.69) is 62.2 Å². The number of aromatic nitrogens is 1. The molecule has 1 unspecified atom stereocenters. The van der Waals surface area contributed by atoms with Crippen LogP contribution in [0.2, 0.25) is 0 Å². The average molecular weight is 310 g/mol. The number of hydrogen-bond donors (Lipinski definition) is 0. The van der Waals surface area contributed by atoms with Gasteiger partial charge in [0, 0.05) is 23.6 Å². The number of hydrazone groups is 1. The Morgan fingerprint density at radius 2 is 1.70 bits per heavy atom. The summed E-state index contributed by atoms with van der Waals surface area (Å²) in [5.41, 5.74) is 3.69. The van der Waals surface area contributed by atoms with Gasteiger partial charge in [0.25, 0.3) is 0 Å². The summed E-state index contributed by atoms with van der Waals surface area (Å²) in [6.45, 7) is 10.8. The Balaban J connectivity index is 0.000000924. The highest BCUT2D eigenvalue weighted by Gasteiger charge is 2.42. The largest absolute Gasteiger partial charge is 0.259 e. The zero-order valence-electron chi connectivity index (χ0n) is 15.1.